The number of rotatable bonds is 8. The Bertz CT molecular complexity index is 2210. The van der Waals surface area contributed by atoms with Crippen LogP contribution in [0.5, 0.6) is 5.75 Å². The summed E-state index contributed by atoms with van der Waals surface area (Å²) in [5.41, 5.74) is 6.50. The third kappa shape index (κ3) is 6.18. The van der Waals surface area contributed by atoms with Gasteiger partial charge in [-0.3, -0.25) is 19.2 Å². The topological polar surface area (TPSA) is 104 Å². The molecular formula is C40H43FN6O4S. The number of halogens is 1. The van der Waals surface area contributed by atoms with Gasteiger partial charge in [0.1, 0.15) is 29.6 Å². The molecular weight excluding hydrogens is 680 g/mol. The number of likely N-dealkylation sites (N-methyl/N-ethyl adjacent to an activating group) is 2. The van der Waals surface area contributed by atoms with Crippen LogP contribution >= 0.6 is 11.3 Å². The largest absolute Gasteiger partial charge is 0.490 e. The number of benzene rings is 2. The van der Waals surface area contributed by atoms with Crippen LogP contribution in [0.3, 0.4) is 0 Å². The minimum atomic E-state index is -0.763. The zero-order valence-corrected chi connectivity index (χ0v) is 31.1. The lowest BCUT2D eigenvalue weighted by Crippen LogP contribution is -2.48. The van der Waals surface area contributed by atoms with Crippen molar-refractivity contribution in [1.82, 2.24) is 29.5 Å². The Labute approximate surface area is 306 Å². The second kappa shape index (κ2) is 13.9. The normalized spacial score (nSPS) is 19.2. The summed E-state index contributed by atoms with van der Waals surface area (Å²) in [6.07, 6.45) is 1.18. The number of carbonyl (C=O) groups is 2. The molecule has 0 saturated carbocycles. The molecule has 10 nitrogen and oxygen atoms in total. The van der Waals surface area contributed by atoms with Crippen molar-refractivity contribution in [2.24, 2.45) is 0 Å². The maximum atomic E-state index is 16.2. The Balaban J connectivity index is 1.44. The third-order valence-electron chi connectivity index (χ3n) is 10.1. The van der Waals surface area contributed by atoms with Crippen LogP contribution in [-0.2, 0) is 22.6 Å². The van der Waals surface area contributed by atoms with Crippen LogP contribution < -0.4 is 4.74 Å². The monoisotopic (exact) mass is 722 g/mol. The molecule has 0 spiro atoms. The van der Waals surface area contributed by atoms with Gasteiger partial charge in [0.15, 0.2) is 0 Å². The molecule has 2 aliphatic rings. The van der Waals surface area contributed by atoms with Crippen molar-refractivity contribution in [1.29, 1.82) is 0 Å². The molecule has 5 heterocycles. The highest BCUT2D eigenvalue weighted by Crippen LogP contribution is 2.47. The van der Waals surface area contributed by atoms with Gasteiger partial charge in [0.05, 0.1) is 41.2 Å². The molecule has 7 rings (SSSR count). The number of carbonyl (C=O) groups excluding carboxylic acids is 2. The van der Waals surface area contributed by atoms with E-state index in [1.54, 1.807) is 43.0 Å². The first-order valence-electron chi connectivity index (χ1n) is 17.4. The Morgan fingerprint density at radius 1 is 1.13 bits per heavy atom. The number of aliphatic hydroxyl groups is 1. The van der Waals surface area contributed by atoms with Gasteiger partial charge >= 0.3 is 0 Å². The molecule has 52 heavy (non-hydrogen) atoms. The molecule has 12 heteroatoms. The Morgan fingerprint density at radius 3 is 2.65 bits per heavy atom. The predicted molar refractivity (Wildman–Crippen MR) is 202 cm³/mol. The summed E-state index contributed by atoms with van der Waals surface area (Å²) in [6, 6.07) is 14.3. The molecule has 0 unspecified atom stereocenters. The number of hydrogen-bond acceptors (Lipinski definition) is 8. The van der Waals surface area contributed by atoms with Crippen LogP contribution in [0.15, 0.2) is 66.6 Å². The van der Waals surface area contributed by atoms with Gasteiger partial charge in [-0.15, -0.1) is 11.3 Å². The molecule has 0 saturated heterocycles. The van der Waals surface area contributed by atoms with Gasteiger partial charge in [-0.05, 0) is 87.2 Å². The Morgan fingerprint density at radius 2 is 1.92 bits per heavy atom. The number of thiophene rings is 1. The number of fused-ring (bicyclic) bond motifs is 3. The first-order valence-corrected chi connectivity index (χ1v) is 18.3. The van der Waals surface area contributed by atoms with Crippen LogP contribution in [0.2, 0.25) is 0 Å². The van der Waals surface area contributed by atoms with E-state index in [1.807, 2.05) is 49.2 Å². The smallest absolute Gasteiger partial charge is 0.246 e. The van der Waals surface area contributed by atoms with Crippen LogP contribution in [0.1, 0.15) is 49.7 Å². The van der Waals surface area contributed by atoms with Crippen LogP contribution in [0.25, 0.3) is 43.9 Å². The summed E-state index contributed by atoms with van der Waals surface area (Å²) in [6.45, 7) is 10.3. The summed E-state index contributed by atoms with van der Waals surface area (Å²) >= 11 is 1.49. The van der Waals surface area contributed by atoms with Gasteiger partial charge in [-0.1, -0.05) is 24.8 Å². The summed E-state index contributed by atoms with van der Waals surface area (Å²) in [5, 5.41) is 18.0. The second-order valence-electron chi connectivity index (χ2n) is 14.1. The predicted octanol–water partition coefficient (Wildman–Crippen LogP) is 6.49. The number of aromatic nitrogens is 3. The number of nitrogens with zero attached hydrogens (tertiary/aromatic N) is 6. The van der Waals surface area contributed by atoms with E-state index in [-0.39, 0.29) is 42.1 Å². The molecule has 0 bridgehead atoms. The molecule has 2 amide bonds. The highest BCUT2D eigenvalue weighted by molar-refractivity contribution is 7.18. The van der Waals surface area contributed by atoms with E-state index in [9.17, 15) is 14.7 Å². The average molecular weight is 723 g/mol. The van der Waals surface area contributed by atoms with Crippen molar-refractivity contribution in [2.75, 3.05) is 34.3 Å². The minimum Gasteiger partial charge on any atom is -0.490 e. The van der Waals surface area contributed by atoms with E-state index in [0.717, 1.165) is 38.2 Å². The summed E-state index contributed by atoms with van der Waals surface area (Å²) < 4.78 is 25.0. The van der Waals surface area contributed by atoms with Crippen molar-refractivity contribution >= 4 is 33.2 Å². The maximum Gasteiger partial charge on any atom is 0.246 e. The summed E-state index contributed by atoms with van der Waals surface area (Å²) in [5.74, 6) is -0.275. The van der Waals surface area contributed by atoms with E-state index in [4.69, 9.17) is 14.8 Å². The number of ether oxygens (including phenoxy) is 1. The van der Waals surface area contributed by atoms with Gasteiger partial charge in [0, 0.05) is 48.4 Å². The van der Waals surface area contributed by atoms with Crippen LogP contribution in [0, 0.1) is 5.82 Å². The highest BCUT2D eigenvalue weighted by atomic mass is 32.1. The van der Waals surface area contributed by atoms with Crippen molar-refractivity contribution in [2.45, 2.75) is 58.0 Å². The maximum absolute atomic E-state index is 16.2. The lowest BCUT2D eigenvalue weighted by Gasteiger charge is -2.36. The zero-order valence-electron chi connectivity index (χ0n) is 30.3. The van der Waals surface area contributed by atoms with Crippen molar-refractivity contribution in [3.05, 3.63) is 89.2 Å². The Kier molecular flexibility index (Phi) is 9.49. The standard InChI is InChI=1S/C40H43FN6O4S/c1-8-34(49)46-19-22(2)47-31(24(46)4)18-30(43-47)38-36(35-29(41)10-9-11-33(35)51-21-23(3)48)39-28(14-15-52-39)37(42-38)26-13-12-25-17-32(40(50)44(5)6)45(7)20-27(25)16-26/h8-16,18,22-24,32,48H,1,17,19-21H2,2-7H3/t22-,23+,24+,32-/m0/s1. The van der Waals surface area contributed by atoms with Crippen molar-refractivity contribution < 1.29 is 23.8 Å². The quantitative estimate of drug-likeness (QED) is 0.183. The lowest BCUT2D eigenvalue weighted by molar-refractivity contribution is -0.134. The molecule has 0 aliphatic carbocycles. The molecule has 1 N–H and O–H groups in total. The third-order valence-corrected chi connectivity index (χ3v) is 11.1. The van der Waals surface area contributed by atoms with Crippen LogP contribution in [0.4, 0.5) is 4.39 Å². The van der Waals surface area contributed by atoms with Gasteiger partial charge < -0.3 is 19.6 Å². The molecule has 0 fully saturated rings. The number of aliphatic hydroxyl groups excluding tert-OH is 1. The molecule has 0 radical (unpaired) electrons. The highest BCUT2D eigenvalue weighted by Gasteiger charge is 2.35. The first kappa shape index (κ1) is 35.5. The number of hydrogen-bond donors (Lipinski definition) is 1. The molecule has 4 atom stereocenters. The molecule has 2 aliphatic heterocycles. The SMILES string of the molecule is C=CC(=O)N1C[C@H](C)n2nc(-c3nc(-c4ccc5c(c4)CN(C)[C@H](C(=O)N(C)C)C5)c4ccsc4c3-c3c(F)cccc3OC[C@@H](C)O)cc2[C@H]1C. The van der Waals surface area contributed by atoms with E-state index < -0.39 is 11.9 Å². The van der Waals surface area contributed by atoms with E-state index in [1.165, 1.54) is 23.5 Å². The molecule has 3 aromatic heterocycles. The van der Waals surface area contributed by atoms with E-state index in [0.29, 0.717) is 42.2 Å². The fourth-order valence-electron chi connectivity index (χ4n) is 7.44. The zero-order chi connectivity index (χ0) is 37.0. The number of pyridine rings is 1. The van der Waals surface area contributed by atoms with E-state index in [2.05, 4.69) is 23.6 Å². The molecule has 2 aromatic carbocycles. The van der Waals surface area contributed by atoms with Gasteiger partial charge in [0.25, 0.3) is 0 Å². The second-order valence-corrected chi connectivity index (χ2v) is 15.0. The van der Waals surface area contributed by atoms with Gasteiger partial charge in [-0.2, -0.15) is 5.10 Å². The summed E-state index contributed by atoms with van der Waals surface area (Å²) in [4.78, 5) is 36.6. The number of amides is 2. The van der Waals surface area contributed by atoms with Gasteiger partial charge in [0.2, 0.25) is 11.8 Å². The van der Waals surface area contributed by atoms with Crippen molar-refractivity contribution in [3.8, 4) is 39.5 Å². The molecule has 270 valence electrons. The fourth-order valence-corrected chi connectivity index (χ4v) is 8.39. The van der Waals surface area contributed by atoms with E-state index >= 15 is 4.39 Å². The van der Waals surface area contributed by atoms with Crippen LogP contribution in [-0.4, -0.2) is 92.8 Å². The fraction of sp³-hybridized carbons (Fsp3) is 0.350. The Hall–Kier alpha value is -4.91. The average Bonchev–Trinajstić information content (AvgIpc) is 3.80. The van der Waals surface area contributed by atoms with Gasteiger partial charge in [-0.25, -0.2) is 9.37 Å². The van der Waals surface area contributed by atoms with Crippen molar-refractivity contribution in [3.63, 3.8) is 0 Å². The minimum absolute atomic E-state index is 0.0174. The first-order chi connectivity index (χ1) is 24.9. The lowest BCUT2D eigenvalue weighted by atomic mass is 9.90. The summed E-state index contributed by atoms with van der Waals surface area (Å²) in [7, 11) is 5.54. The molecule has 5 aromatic rings.